The van der Waals surface area contributed by atoms with Crippen LogP contribution in [0.5, 0.6) is 0 Å². The van der Waals surface area contributed by atoms with Crippen LogP contribution in [0, 0.1) is 29.1 Å². The first-order valence-corrected chi connectivity index (χ1v) is 45.4. The van der Waals surface area contributed by atoms with E-state index in [1.54, 1.807) is 13.8 Å². The van der Waals surface area contributed by atoms with Gasteiger partial charge in [0.1, 0.15) is 36.6 Å². The number of hydrogen-bond acceptors (Lipinski definition) is 36. The van der Waals surface area contributed by atoms with E-state index in [1.165, 1.54) is 6.92 Å². The van der Waals surface area contributed by atoms with Crippen LogP contribution in [0.3, 0.4) is 0 Å². The van der Waals surface area contributed by atoms with Gasteiger partial charge < -0.3 is 154 Å². The maximum Gasteiger partial charge on any atom is 0.267 e. The Hall–Kier alpha value is -0.850. The normalized spacial score (nSPS) is 27.6. The van der Waals surface area contributed by atoms with E-state index in [9.17, 15) is 88.6 Å². The molecule has 41 heteroatoms. The lowest BCUT2D eigenvalue weighted by molar-refractivity contribution is -0.282. The number of aliphatic hydroxyl groups is 9. The van der Waals surface area contributed by atoms with Crippen molar-refractivity contribution >= 4 is 37.2 Å². The number of hydrogen-bond donors (Lipinski definition) is 10. The SMILES string of the molecule is CCC(CCCCCOC(C)C)COCCCOP(=O)([O-])OCC(COCCCOP(=O)([O-])OCCCCCCO[C@@H]1OC(CO)[C@H](O)[C@H](O)C1C)(COCCCOP(=O)([O-])OCCCCCCO[C@@H]1OC(CO)[C@H](O)[C@H](O)C1NC(C)=O)COCCCOP(=O)([O-])OCCCCCCO[C@@H]1CC(CO)[C@H](O)[C@H](O)C1C. The third-order valence-electron chi connectivity index (χ3n) is 19.0. The van der Waals surface area contributed by atoms with Gasteiger partial charge in [-0.15, -0.1) is 0 Å². The van der Waals surface area contributed by atoms with Crippen molar-refractivity contribution in [1.82, 2.24) is 5.32 Å². The maximum absolute atomic E-state index is 13.5. The number of rotatable bonds is 70. The van der Waals surface area contributed by atoms with Crippen LogP contribution in [0.25, 0.3) is 0 Å². The van der Waals surface area contributed by atoms with Crippen molar-refractivity contribution in [3.8, 4) is 0 Å². The average Bonchev–Trinajstić information content (AvgIpc) is 0.824. The Kier molecular flexibility index (Phi) is 55.4. The standard InChI is InChI=1S/C70H139NO36P4/c1-7-56(27-15-14-19-32-94-52(2)3)47-90-28-23-39-104-111(88,89)105-51-70(48-91-29-24-40-101-108(82,83)98-36-20-11-8-16-33-95-58-43-57(44-72)64(78)62(76)53(58)4,49-92-30-25-41-102-109(84,85)99-37-21-12-9-17-34-96-68-54(5)63(77)65(79)59(45-73)106-68)50-93-31-26-42-103-110(86,87)100-38-22-13-10-18-35-97-69-61(71-55(6)75)67(81)66(80)60(46-74)107-69/h52-54,56-69,72-74,76-81H,7-51H2,1-6H3,(H,71,75)(H,82,83)(H,84,85)(H,86,87)(H,88,89)/p-4/t53?,54?,56?,57?,58-,59?,60?,61?,62-,63-,64+,65+,66+,67-,68-,69-,70?/m1/s1. The summed E-state index contributed by atoms with van der Waals surface area (Å²) >= 11 is 0. The molecule has 37 nitrogen and oxygen atoms in total. The van der Waals surface area contributed by atoms with Gasteiger partial charge in [0.25, 0.3) is 31.3 Å². The molecule has 0 aromatic carbocycles. The lowest BCUT2D eigenvalue weighted by atomic mass is 9.77. The Morgan fingerprint density at radius 1 is 0.441 bits per heavy atom. The Labute approximate surface area is 655 Å². The Bertz CT molecular complexity index is 2480. The molecule has 0 radical (unpaired) electrons. The predicted molar refractivity (Wildman–Crippen MR) is 391 cm³/mol. The number of unbranched alkanes of at least 4 members (excludes halogenated alkanes) is 11. The molecule has 2 saturated heterocycles. The molecule has 10 N–H and O–H groups in total. The van der Waals surface area contributed by atoms with Crippen molar-refractivity contribution in [2.45, 2.75) is 262 Å². The number of phosphoric acid groups is 4. The molecule has 0 aromatic heterocycles. The summed E-state index contributed by atoms with van der Waals surface area (Å²) in [6.07, 6.45) is -0.0676. The van der Waals surface area contributed by atoms with Gasteiger partial charge in [-0.2, -0.15) is 0 Å². The largest absolute Gasteiger partial charge is 0.756 e. The van der Waals surface area contributed by atoms with Gasteiger partial charge in [-0.05, 0) is 103 Å². The van der Waals surface area contributed by atoms with Crippen molar-refractivity contribution < 1.29 is 172 Å². The summed E-state index contributed by atoms with van der Waals surface area (Å²) in [5, 5.41) is 92.9. The second-order valence-electron chi connectivity index (χ2n) is 29.0. The van der Waals surface area contributed by atoms with Gasteiger partial charge in [0.15, 0.2) is 12.6 Å². The minimum absolute atomic E-state index is 0.0123. The average molecular weight is 1690 g/mol. The van der Waals surface area contributed by atoms with Crippen LogP contribution < -0.4 is 24.9 Å². The molecule has 2 heterocycles. The van der Waals surface area contributed by atoms with Crippen molar-refractivity contribution in [3.63, 3.8) is 0 Å². The number of carbonyl (C=O) groups is 1. The Morgan fingerprint density at radius 2 is 0.820 bits per heavy atom. The second kappa shape index (κ2) is 59.0. The van der Waals surface area contributed by atoms with Crippen molar-refractivity contribution in [1.29, 1.82) is 0 Å². The van der Waals surface area contributed by atoms with Crippen molar-refractivity contribution in [2.75, 3.05) is 152 Å². The molecule has 3 fully saturated rings. The highest BCUT2D eigenvalue weighted by Crippen LogP contribution is 2.43. The monoisotopic (exact) mass is 1690 g/mol. The molecular formula is C70H135NO36P4-4. The summed E-state index contributed by atoms with van der Waals surface area (Å²) in [6.45, 7) is 7.19. The number of carbonyl (C=O) groups excluding carboxylic acids is 1. The number of phosphoric ester groups is 4. The minimum atomic E-state index is -5.09. The van der Waals surface area contributed by atoms with Gasteiger partial charge in [0.2, 0.25) is 5.91 Å². The molecule has 111 heavy (non-hydrogen) atoms. The molecule has 3 rings (SSSR count). The Balaban J connectivity index is 1.61. The molecule has 3 aliphatic rings. The predicted octanol–water partition coefficient (Wildman–Crippen LogP) is 3.11. The van der Waals surface area contributed by atoms with Gasteiger partial charge in [-0.1, -0.05) is 78.6 Å². The quantitative estimate of drug-likeness (QED) is 0.0309. The molecule has 0 bridgehead atoms. The lowest BCUT2D eigenvalue weighted by Crippen LogP contribution is -2.64. The van der Waals surface area contributed by atoms with E-state index < -0.39 is 148 Å². The molecule has 1 amide bonds. The zero-order valence-corrected chi connectivity index (χ0v) is 69.5. The molecule has 1 aliphatic carbocycles. The highest BCUT2D eigenvalue weighted by atomic mass is 31.2. The van der Waals surface area contributed by atoms with Crippen LogP contribution in [-0.2, 0) is 107 Å². The van der Waals surface area contributed by atoms with E-state index in [0.29, 0.717) is 109 Å². The molecule has 0 spiro atoms. The molecule has 2 aliphatic heterocycles. The first-order chi connectivity index (χ1) is 52.8. The summed E-state index contributed by atoms with van der Waals surface area (Å²) in [6, 6.07) is -1.10. The third-order valence-corrected chi connectivity index (χ3v) is 23.0. The summed E-state index contributed by atoms with van der Waals surface area (Å²) in [4.78, 5) is 63.4. The fraction of sp³-hybridized carbons (Fsp3) is 0.986. The van der Waals surface area contributed by atoms with Gasteiger partial charge >= 0.3 is 0 Å². The molecule has 21 atom stereocenters. The van der Waals surface area contributed by atoms with Crippen LogP contribution in [-0.4, -0.2) is 283 Å². The van der Waals surface area contributed by atoms with Gasteiger partial charge in [0.05, 0.1) is 122 Å². The fourth-order valence-electron chi connectivity index (χ4n) is 12.2. The topological polar surface area (TPSA) is 538 Å². The van der Waals surface area contributed by atoms with Crippen LogP contribution in [0.15, 0.2) is 0 Å². The summed E-state index contributed by atoms with van der Waals surface area (Å²) in [7, 11) is -19.5. The zero-order valence-electron chi connectivity index (χ0n) is 66.0. The summed E-state index contributed by atoms with van der Waals surface area (Å²) in [5.41, 5.74) is -1.52. The highest BCUT2D eigenvalue weighted by Gasteiger charge is 2.46. The van der Waals surface area contributed by atoms with Crippen LogP contribution >= 0.6 is 31.3 Å². The number of amides is 1. The number of ether oxygens (including phenoxy) is 10. The number of nitrogens with one attached hydrogen (secondary N) is 1. The lowest BCUT2D eigenvalue weighted by Gasteiger charge is -2.42. The van der Waals surface area contributed by atoms with Gasteiger partial charge in [0, 0.05) is 90.7 Å². The second-order valence-corrected chi connectivity index (χ2v) is 34.6. The molecule has 12 unspecified atom stereocenters. The molecule has 1 saturated carbocycles. The van der Waals surface area contributed by atoms with Crippen LogP contribution in [0.2, 0.25) is 0 Å². The van der Waals surface area contributed by atoms with Crippen LogP contribution in [0.1, 0.15) is 183 Å². The minimum Gasteiger partial charge on any atom is -0.756 e. The van der Waals surface area contributed by atoms with E-state index in [-0.39, 0.29) is 150 Å². The highest BCUT2D eigenvalue weighted by molar-refractivity contribution is 7.46. The smallest absolute Gasteiger partial charge is 0.267 e. The van der Waals surface area contributed by atoms with Crippen molar-refractivity contribution in [2.24, 2.45) is 29.1 Å². The molecule has 660 valence electrons. The maximum atomic E-state index is 13.5. The van der Waals surface area contributed by atoms with Crippen LogP contribution in [0.4, 0.5) is 0 Å². The Morgan fingerprint density at radius 3 is 1.25 bits per heavy atom. The zero-order chi connectivity index (χ0) is 82.1. The van der Waals surface area contributed by atoms with E-state index in [1.807, 2.05) is 13.8 Å². The van der Waals surface area contributed by atoms with E-state index >= 15 is 0 Å². The fourth-order valence-corrected chi connectivity index (χ4v) is 15.4. The van der Waals surface area contributed by atoms with Crippen molar-refractivity contribution in [3.05, 3.63) is 0 Å². The molecule has 0 aromatic rings. The van der Waals surface area contributed by atoms with Gasteiger partial charge in [-0.25, -0.2) is 0 Å². The first-order valence-electron chi connectivity index (χ1n) is 39.5. The summed E-state index contributed by atoms with van der Waals surface area (Å²) in [5.74, 6) is -1.56. The summed E-state index contributed by atoms with van der Waals surface area (Å²) < 4.78 is 151. The van der Waals surface area contributed by atoms with E-state index in [2.05, 4.69) is 12.2 Å². The number of aliphatic hydroxyl groups excluding tert-OH is 9. The van der Waals surface area contributed by atoms with Gasteiger partial charge in [-0.3, -0.25) is 23.1 Å². The first kappa shape index (κ1) is 104. The van der Waals surface area contributed by atoms with E-state index in [4.69, 9.17) is 83.6 Å². The van der Waals surface area contributed by atoms with E-state index in [0.717, 1.165) is 32.1 Å². The molecular weight excluding hydrogens is 1550 g/mol. The third kappa shape index (κ3) is 45.4.